The first kappa shape index (κ1) is 17.6. The normalized spacial score (nSPS) is 21.8. The van der Waals surface area contributed by atoms with Crippen LogP contribution < -0.4 is 4.90 Å². The first-order valence-corrected chi connectivity index (χ1v) is 10.2. The molecule has 1 aliphatic carbocycles. The van der Waals surface area contributed by atoms with E-state index in [4.69, 9.17) is 4.74 Å². The van der Waals surface area contributed by atoms with Gasteiger partial charge >= 0.3 is 12.0 Å². The van der Waals surface area contributed by atoms with Crippen LogP contribution in [0.2, 0.25) is 0 Å². The number of alkyl halides is 1. The van der Waals surface area contributed by atoms with Crippen molar-refractivity contribution in [3.05, 3.63) is 5.01 Å². The van der Waals surface area contributed by atoms with Crippen molar-refractivity contribution < 1.29 is 14.3 Å². The lowest BCUT2D eigenvalue weighted by Crippen LogP contribution is -2.55. The number of urea groups is 1. The van der Waals surface area contributed by atoms with Crippen LogP contribution in [0.3, 0.4) is 0 Å². The minimum atomic E-state index is -0.603. The van der Waals surface area contributed by atoms with Crippen molar-refractivity contribution in [2.75, 3.05) is 16.9 Å². The fourth-order valence-corrected chi connectivity index (χ4v) is 4.26. The van der Waals surface area contributed by atoms with Crippen molar-refractivity contribution in [2.24, 2.45) is 0 Å². The Morgan fingerprint density at radius 3 is 2.79 bits per heavy atom. The van der Waals surface area contributed by atoms with Gasteiger partial charge in [0.15, 0.2) is 6.23 Å². The molecule has 2 fully saturated rings. The average molecular weight is 417 g/mol. The molecular weight excluding hydrogens is 396 g/mol. The van der Waals surface area contributed by atoms with E-state index in [1.807, 2.05) is 6.92 Å². The Kier molecular flexibility index (Phi) is 5.70. The van der Waals surface area contributed by atoms with E-state index >= 15 is 0 Å². The molecule has 2 heterocycles. The van der Waals surface area contributed by atoms with Crippen LogP contribution in [-0.2, 0) is 9.53 Å². The standard InChI is InChI=1S/C15H21BrN4O3S/c1-2-4-12(21)23-11-7-8-19(9-16)15(22)20(11)14-18-17-13(24-14)10-5-3-6-10/h10-11H,2-9H2,1H3. The number of halogens is 1. The van der Waals surface area contributed by atoms with E-state index in [-0.39, 0.29) is 12.0 Å². The van der Waals surface area contributed by atoms with Crippen LogP contribution in [0.4, 0.5) is 9.93 Å². The molecule has 0 radical (unpaired) electrons. The zero-order valence-electron chi connectivity index (χ0n) is 13.6. The molecule has 1 saturated heterocycles. The van der Waals surface area contributed by atoms with Gasteiger partial charge in [0.25, 0.3) is 0 Å². The molecule has 0 spiro atoms. The van der Waals surface area contributed by atoms with E-state index in [0.29, 0.717) is 35.9 Å². The molecule has 0 N–H and O–H groups in total. The van der Waals surface area contributed by atoms with E-state index in [0.717, 1.165) is 24.3 Å². The third-order valence-corrected chi connectivity index (χ3v) is 6.06. The number of amides is 2. The van der Waals surface area contributed by atoms with Gasteiger partial charge in [0, 0.05) is 25.3 Å². The summed E-state index contributed by atoms with van der Waals surface area (Å²) in [7, 11) is 0. The minimum absolute atomic E-state index is 0.205. The summed E-state index contributed by atoms with van der Waals surface area (Å²) in [6.45, 7) is 2.46. The first-order chi connectivity index (χ1) is 11.6. The monoisotopic (exact) mass is 416 g/mol. The molecule has 1 unspecified atom stereocenters. The fraction of sp³-hybridized carbons (Fsp3) is 0.733. The van der Waals surface area contributed by atoms with Crippen molar-refractivity contribution in [3.8, 4) is 0 Å². The number of anilines is 1. The number of esters is 1. The highest BCUT2D eigenvalue weighted by molar-refractivity contribution is 9.09. The Balaban J connectivity index is 1.80. The summed E-state index contributed by atoms with van der Waals surface area (Å²) in [5.74, 6) is 0.181. The molecule has 1 aliphatic heterocycles. The predicted molar refractivity (Wildman–Crippen MR) is 94.3 cm³/mol. The maximum atomic E-state index is 12.7. The lowest BCUT2D eigenvalue weighted by molar-refractivity contribution is -0.149. The van der Waals surface area contributed by atoms with Crippen molar-refractivity contribution in [1.29, 1.82) is 0 Å². The number of hydrogen-bond donors (Lipinski definition) is 0. The van der Waals surface area contributed by atoms with Crippen LogP contribution in [0.15, 0.2) is 0 Å². The van der Waals surface area contributed by atoms with Crippen molar-refractivity contribution in [1.82, 2.24) is 15.1 Å². The molecule has 2 aliphatic rings. The Hall–Kier alpha value is -1.22. The predicted octanol–water partition coefficient (Wildman–Crippen LogP) is 3.46. The maximum absolute atomic E-state index is 12.7. The highest BCUT2D eigenvalue weighted by Crippen LogP contribution is 2.40. The first-order valence-electron chi connectivity index (χ1n) is 8.31. The van der Waals surface area contributed by atoms with Crippen molar-refractivity contribution in [3.63, 3.8) is 0 Å². The Morgan fingerprint density at radius 1 is 1.38 bits per heavy atom. The van der Waals surface area contributed by atoms with E-state index in [1.54, 1.807) is 4.90 Å². The zero-order valence-corrected chi connectivity index (χ0v) is 16.0. The van der Waals surface area contributed by atoms with E-state index in [1.165, 1.54) is 22.7 Å². The van der Waals surface area contributed by atoms with E-state index < -0.39 is 6.23 Å². The van der Waals surface area contributed by atoms with Crippen LogP contribution in [0.1, 0.15) is 56.4 Å². The number of carbonyl (C=O) groups excluding carboxylic acids is 2. The summed E-state index contributed by atoms with van der Waals surface area (Å²) in [5.41, 5.74) is 0.437. The van der Waals surface area contributed by atoms with Crippen LogP contribution in [0, 0.1) is 0 Å². The lowest BCUT2D eigenvalue weighted by atomic mass is 9.86. The topological polar surface area (TPSA) is 75.6 Å². The number of rotatable bonds is 6. The van der Waals surface area contributed by atoms with E-state index in [2.05, 4.69) is 26.1 Å². The molecule has 1 aromatic heterocycles. The smallest absolute Gasteiger partial charge is 0.330 e. The van der Waals surface area contributed by atoms with Gasteiger partial charge in [-0.05, 0) is 19.3 Å². The van der Waals surface area contributed by atoms with Crippen molar-refractivity contribution in [2.45, 2.75) is 57.6 Å². The third-order valence-electron chi connectivity index (χ3n) is 4.37. The molecule has 9 heteroatoms. The van der Waals surface area contributed by atoms with Crippen molar-refractivity contribution >= 4 is 44.4 Å². The second kappa shape index (κ2) is 7.77. The molecule has 0 aromatic carbocycles. The maximum Gasteiger partial charge on any atom is 0.330 e. The minimum Gasteiger partial charge on any atom is -0.441 e. The van der Waals surface area contributed by atoms with Gasteiger partial charge in [-0.1, -0.05) is 40.6 Å². The van der Waals surface area contributed by atoms with Crippen LogP contribution in [0.5, 0.6) is 0 Å². The summed E-state index contributed by atoms with van der Waals surface area (Å²) >= 11 is 4.77. The van der Waals surface area contributed by atoms with E-state index in [9.17, 15) is 9.59 Å². The lowest BCUT2D eigenvalue weighted by Gasteiger charge is -2.38. The quantitative estimate of drug-likeness (QED) is 0.403. The molecule has 1 aromatic rings. The second-order valence-electron chi connectivity index (χ2n) is 6.07. The molecule has 1 atom stereocenters. The van der Waals surface area contributed by atoms with Gasteiger partial charge in [-0.2, -0.15) is 0 Å². The SMILES string of the molecule is CCCC(=O)OC1CCN(CBr)C(=O)N1c1nnc(C2CCC2)s1. The molecule has 3 rings (SSSR count). The summed E-state index contributed by atoms with van der Waals surface area (Å²) in [6, 6.07) is -0.205. The molecule has 24 heavy (non-hydrogen) atoms. The van der Waals surface area contributed by atoms with Gasteiger partial charge in [-0.3, -0.25) is 4.79 Å². The zero-order chi connectivity index (χ0) is 17.1. The average Bonchev–Trinajstić information content (AvgIpc) is 2.95. The summed E-state index contributed by atoms with van der Waals surface area (Å²) in [4.78, 5) is 27.8. The molecule has 132 valence electrons. The molecule has 0 bridgehead atoms. The molecule has 1 saturated carbocycles. The number of aromatic nitrogens is 2. The molecular formula is C15H21BrN4O3S. The Morgan fingerprint density at radius 2 is 2.17 bits per heavy atom. The van der Waals surface area contributed by atoms with Gasteiger partial charge in [0.2, 0.25) is 5.13 Å². The Labute approximate surface area is 153 Å². The fourth-order valence-electron chi connectivity index (χ4n) is 2.75. The van der Waals surface area contributed by atoms with Crippen LogP contribution >= 0.6 is 27.3 Å². The number of nitrogens with zero attached hydrogens (tertiary/aromatic N) is 4. The summed E-state index contributed by atoms with van der Waals surface area (Å²) in [6.07, 6.45) is 4.51. The number of ether oxygens (including phenoxy) is 1. The highest BCUT2D eigenvalue weighted by Gasteiger charge is 2.39. The van der Waals surface area contributed by atoms with Gasteiger partial charge in [-0.25, -0.2) is 9.69 Å². The van der Waals surface area contributed by atoms with Gasteiger partial charge in [-0.15, -0.1) is 10.2 Å². The molecule has 2 amide bonds. The van der Waals surface area contributed by atoms with Gasteiger partial charge < -0.3 is 9.64 Å². The van der Waals surface area contributed by atoms with Crippen LogP contribution in [-0.4, -0.2) is 45.3 Å². The number of hydrogen-bond acceptors (Lipinski definition) is 6. The largest absolute Gasteiger partial charge is 0.441 e. The second-order valence-corrected chi connectivity index (χ2v) is 7.56. The van der Waals surface area contributed by atoms with Crippen LogP contribution in [0.25, 0.3) is 0 Å². The summed E-state index contributed by atoms with van der Waals surface area (Å²) < 4.78 is 5.54. The van der Waals surface area contributed by atoms with Gasteiger partial charge in [0.05, 0.1) is 5.45 Å². The summed E-state index contributed by atoms with van der Waals surface area (Å²) in [5, 5.41) is 9.94. The highest BCUT2D eigenvalue weighted by atomic mass is 79.9. The Bertz CT molecular complexity index is 607. The molecule has 7 nitrogen and oxygen atoms in total. The van der Waals surface area contributed by atoms with Gasteiger partial charge in [0.1, 0.15) is 5.01 Å². The third kappa shape index (κ3) is 3.56. The number of carbonyl (C=O) groups is 2.